The van der Waals surface area contributed by atoms with E-state index in [1.54, 1.807) is 24.4 Å². The number of nitrogens with zero attached hydrogens (tertiary/aromatic N) is 6. The standard InChI is InChI=1S/C20H22FN7O/c1-13(2)27(3)9-5-6-14(12-29)10-28-11-17(25-26-28)19-15-7-4-8-16(21)18(15)23-20(22)24-19/h4-9,11-13H,10H2,1-3H3,(H2,22,23,24)/b9-5-,14-6-. The predicted molar refractivity (Wildman–Crippen MR) is 109 cm³/mol. The van der Waals surface area contributed by atoms with E-state index in [-0.39, 0.29) is 18.0 Å². The number of benzene rings is 1. The summed E-state index contributed by atoms with van der Waals surface area (Å²) < 4.78 is 15.6. The van der Waals surface area contributed by atoms with Crippen molar-refractivity contribution >= 4 is 23.1 Å². The van der Waals surface area contributed by atoms with Gasteiger partial charge in [0, 0.05) is 24.0 Å². The third kappa shape index (κ3) is 4.63. The first-order valence-electron chi connectivity index (χ1n) is 9.05. The van der Waals surface area contributed by atoms with Crippen LogP contribution < -0.4 is 5.73 Å². The van der Waals surface area contributed by atoms with Crippen molar-refractivity contribution in [2.45, 2.75) is 26.4 Å². The number of hydrogen-bond acceptors (Lipinski definition) is 7. The Balaban J connectivity index is 1.87. The van der Waals surface area contributed by atoms with Gasteiger partial charge in [0.25, 0.3) is 0 Å². The van der Waals surface area contributed by atoms with Gasteiger partial charge in [-0.05, 0) is 32.2 Å². The molecule has 2 N–H and O–H groups in total. The van der Waals surface area contributed by atoms with Crippen LogP contribution in [0.15, 0.2) is 48.3 Å². The molecule has 0 fully saturated rings. The zero-order valence-corrected chi connectivity index (χ0v) is 16.5. The normalized spacial score (nSPS) is 12.2. The number of hydrogen-bond donors (Lipinski definition) is 1. The minimum absolute atomic E-state index is 0.0555. The van der Waals surface area contributed by atoms with Gasteiger partial charge < -0.3 is 10.6 Å². The van der Waals surface area contributed by atoms with Crippen molar-refractivity contribution < 1.29 is 9.18 Å². The van der Waals surface area contributed by atoms with Crippen LogP contribution in [0.1, 0.15) is 13.8 Å². The van der Waals surface area contributed by atoms with Crippen LogP contribution in [-0.2, 0) is 11.3 Å². The molecule has 8 nitrogen and oxygen atoms in total. The lowest BCUT2D eigenvalue weighted by atomic mass is 10.1. The Bertz CT molecular complexity index is 1090. The summed E-state index contributed by atoms with van der Waals surface area (Å²) in [5.41, 5.74) is 7.17. The fourth-order valence-electron chi connectivity index (χ4n) is 2.60. The highest BCUT2D eigenvalue weighted by atomic mass is 19.1. The van der Waals surface area contributed by atoms with Crippen molar-refractivity contribution in [3.8, 4) is 11.4 Å². The van der Waals surface area contributed by atoms with E-state index in [1.807, 2.05) is 24.2 Å². The minimum atomic E-state index is -0.491. The molecule has 29 heavy (non-hydrogen) atoms. The molecule has 0 spiro atoms. The molecule has 0 bridgehead atoms. The number of aromatic nitrogens is 5. The summed E-state index contributed by atoms with van der Waals surface area (Å²) in [6, 6.07) is 4.93. The summed E-state index contributed by atoms with van der Waals surface area (Å²) in [4.78, 5) is 21.6. The third-order valence-corrected chi connectivity index (χ3v) is 4.42. The van der Waals surface area contributed by atoms with Crippen LogP contribution in [0.3, 0.4) is 0 Å². The highest BCUT2D eigenvalue weighted by Gasteiger charge is 2.14. The lowest BCUT2D eigenvalue weighted by molar-refractivity contribution is -0.105. The lowest BCUT2D eigenvalue weighted by Gasteiger charge is -2.17. The molecule has 0 saturated heterocycles. The van der Waals surface area contributed by atoms with Gasteiger partial charge in [-0.2, -0.15) is 0 Å². The summed E-state index contributed by atoms with van der Waals surface area (Å²) in [5.74, 6) is -0.547. The van der Waals surface area contributed by atoms with E-state index in [4.69, 9.17) is 5.73 Å². The maximum atomic E-state index is 14.1. The first-order chi connectivity index (χ1) is 13.9. The number of rotatable bonds is 7. The van der Waals surface area contributed by atoms with Gasteiger partial charge in [0.15, 0.2) is 0 Å². The number of para-hydroxylation sites is 1. The number of aldehydes is 1. The average Bonchev–Trinajstić information content (AvgIpc) is 3.15. The molecule has 0 unspecified atom stereocenters. The Morgan fingerprint density at radius 3 is 2.86 bits per heavy atom. The number of allylic oxidation sites excluding steroid dienone is 3. The first-order valence-corrected chi connectivity index (χ1v) is 9.05. The van der Waals surface area contributed by atoms with E-state index in [2.05, 4.69) is 34.1 Å². The number of nitrogens with two attached hydrogens (primary N) is 1. The van der Waals surface area contributed by atoms with Crippen LogP contribution >= 0.6 is 0 Å². The third-order valence-electron chi connectivity index (χ3n) is 4.42. The maximum Gasteiger partial charge on any atom is 0.221 e. The van der Waals surface area contributed by atoms with Crippen molar-refractivity contribution in [1.29, 1.82) is 0 Å². The summed E-state index contributed by atoms with van der Waals surface area (Å²) in [6.07, 6.45) is 7.83. The van der Waals surface area contributed by atoms with Crippen molar-refractivity contribution in [2.75, 3.05) is 12.8 Å². The van der Waals surface area contributed by atoms with E-state index >= 15 is 0 Å². The number of fused-ring (bicyclic) bond motifs is 1. The second-order valence-electron chi connectivity index (χ2n) is 6.83. The SMILES string of the molecule is CC(C)N(C)/C=C\C=C(/C=O)Cn1cc(-c2nc(N)nc3c(F)cccc23)nn1. The average molecular weight is 395 g/mol. The van der Waals surface area contributed by atoms with Crippen molar-refractivity contribution in [3.63, 3.8) is 0 Å². The Morgan fingerprint density at radius 2 is 2.14 bits per heavy atom. The quantitative estimate of drug-likeness (QED) is 0.373. The molecule has 0 amide bonds. The van der Waals surface area contributed by atoms with E-state index < -0.39 is 5.82 Å². The second-order valence-corrected chi connectivity index (χ2v) is 6.83. The van der Waals surface area contributed by atoms with Crippen molar-refractivity contribution in [2.24, 2.45) is 0 Å². The van der Waals surface area contributed by atoms with E-state index in [9.17, 15) is 9.18 Å². The van der Waals surface area contributed by atoms with Crippen LogP contribution in [-0.4, -0.2) is 49.2 Å². The Hall–Kier alpha value is -3.62. The topological polar surface area (TPSA) is 103 Å². The molecule has 1 aromatic carbocycles. The molecular weight excluding hydrogens is 373 g/mol. The van der Waals surface area contributed by atoms with Crippen molar-refractivity contribution in [1.82, 2.24) is 29.9 Å². The summed E-state index contributed by atoms with van der Waals surface area (Å²) in [5, 5.41) is 8.63. The second kappa shape index (κ2) is 8.59. The molecule has 0 aliphatic heterocycles. The monoisotopic (exact) mass is 395 g/mol. The molecule has 0 aliphatic carbocycles. The predicted octanol–water partition coefficient (Wildman–Crippen LogP) is 2.59. The fraction of sp³-hybridized carbons (Fsp3) is 0.250. The molecule has 3 aromatic rings. The fourth-order valence-corrected chi connectivity index (χ4v) is 2.60. The zero-order valence-electron chi connectivity index (χ0n) is 16.5. The van der Waals surface area contributed by atoms with E-state index in [0.29, 0.717) is 28.4 Å². The Kier molecular flexibility index (Phi) is 5.96. The van der Waals surface area contributed by atoms with E-state index in [1.165, 1.54) is 10.7 Å². The number of carbonyl (C=O) groups is 1. The van der Waals surface area contributed by atoms with Gasteiger partial charge >= 0.3 is 0 Å². The summed E-state index contributed by atoms with van der Waals surface area (Å²) >= 11 is 0. The van der Waals surface area contributed by atoms with Crippen LogP contribution in [0.4, 0.5) is 10.3 Å². The molecule has 9 heteroatoms. The zero-order chi connectivity index (χ0) is 21.0. The highest BCUT2D eigenvalue weighted by Crippen LogP contribution is 2.26. The van der Waals surface area contributed by atoms with Crippen molar-refractivity contribution in [3.05, 3.63) is 54.1 Å². The minimum Gasteiger partial charge on any atom is -0.378 e. The van der Waals surface area contributed by atoms with Gasteiger partial charge in [0.2, 0.25) is 5.95 Å². The van der Waals surface area contributed by atoms with Gasteiger partial charge in [-0.15, -0.1) is 5.10 Å². The van der Waals surface area contributed by atoms with Crippen LogP contribution in [0.5, 0.6) is 0 Å². The van der Waals surface area contributed by atoms with Crippen LogP contribution in [0.2, 0.25) is 0 Å². The molecule has 150 valence electrons. The molecule has 0 atom stereocenters. The smallest absolute Gasteiger partial charge is 0.221 e. The van der Waals surface area contributed by atoms with Crippen LogP contribution in [0, 0.1) is 5.82 Å². The number of carbonyl (C=O) groups excluding carboxylic acids is 1. The first kappa shape index (κ1) is 20.1. The highest BCUT2D eigenvalue weighted by molar-refractivity contribution is 5.92. The molecule has 3 rings (SSSR count). The molecule has 2 heterocycles. The van der Waals surface area contributed by atoms with Gasteiger partial charge in [-0.1, -0.05) is 23.4 Å². The Labute approximate surface area is 167 Å². The number of anilines is 1. The summed E-state index contributed by atoms with van der Waals surface area (Å²) in [6.45, 7) is 4.38. The molecule has 0 aliphatic rings. The van der Waals surface area contributed by atoms with Gasteiger partial charge in [-0.25, -0.2) is 19.0 Å². The molecule has 2 aromatic heterocycles. The number of halogens is 1. The maximum absolute atomic E-state index is 14.1. The van der Waals surface area contributed by atoms with Gasteiger partial charge in [0.1, 0.15) is 29.0 Å². The molecule has 0 radical (unpaired) electrons. The van der Waals surface area contributed by atoms with E-state index in [0.717, 1.165) is 6.29 Å². The number of nitrogen functional groups attached to an aromatic ring is 1. The summed E-state index contributed by atoms with van der Waals surface area (Å²) in [7, 11) is 1.96. The largest absolute Gasteiger partial charge is 0.378 e. The molecule has 0 saturated carbocycles. The van der Waals surface area contributed by atoms with Crippen LogP contribution in [0.25, 0.3) is 22.3 Å². The van der Waals surface area contributed by atoms with Gasteiger partial charge in [0.05, 0.1) is 12.7 Å². The molecular formula is C20H22FN7O. The van der Waals surface area contributed by atoms with Gasteiger partial charge in [-0.3, -0.25) is 4.79 Å². The Morgan fingerprint density at radius 1 is 1.34 bits per heavy atom. The lowest BCUT2D eigenvalue weighted by Crippen LogP contribution is -2.19.